The maximum absolute atomic E-state index is 6.71. The molecule has 262 valence electrons. The van der Waals surface area contributed by atoms with Crippen LogP contribution in [-0.2, 0) is 0 Å². The van der Waals surface area contributed by atoms with Gasteiger partial charge in [-0.1, -0.05) is 115 Å². The van der Waals surface area contributed by atoms with Gasteiger partial charge in [0.25, 0.3) is 0 Å². The van der Waals surface area contributed by atoms with Crippen LogP contribution in [0.5, 0.6) is 0 Å². The molecule has 0 aliphatic carbocycles. The molecule has 0 atom stereocenters. The van der Waals surface area contributed by atoms with Gasteiger partial charge in [-0.05, 0) is 82.6 Å². The third-order valence-corrected chi connectivity index (χ3v) is 12.1. The Bertz CT molecular complexity index is 3500. The zero-order valence-electron chi connectivity index (χ0n) is 29.9. The summed E-state index contributed by atoms with van der Waals surface area (Å²) in [6, 6.07) is 64.3. The predicted octanol–water partition coefficient (Wildman–Crippen LogP) is 15.2. The number of hydrogen-bond acceptors (Lipinski definition) is 5. The molecule has 12 aromatic rings. The summed E-state index contributed by atoms with van der Waals surface area (Å²) >= 11 is 1.73. The van der Waals surface area contributed by atoms with E-state index in [2.05, 4.69) is 187 Å². The first-order chi connectivity index (χ1) is 27.7. The lowest BCUT2D eigenvalue weighted by Crippen LogP contribution is -2.10. The van der Waals surface area contributed by atoms with Crippen LogP contribution in [0.1, 0.15) is 0 Å². The molecular formula is C51H30N2O2S. The van der Waals surface area contributed by atoms with E-state index in [0.29, 0.717) is 0 Å². The number of rotatable bonds is 5. The van der Waals surface area contributed by atoms with Crippen molar-refractivity contribution in [3.05, 3.63) is 182 Å². The van der Waals surface area contributed by atoms with Crippen molar-refractivity contribution in [2.75, 3.05) is 4.90 Å². The van der Waals surface area contributed by atoms with Gasteiger partial charge in [-0.25, -0.2) is 4.98 Å². The molecule has 0 saturated carbocycles. The lowest BCUT2D eigenvalue weighted by molar-refractivity contribution is 0.669. The van der Waals surface area contributed by atoms with Gasteiger partial charge in [0.2, 0.25) is 0 Å². The van der Waals surface area contributed by atoms with Crippen LogP contribution >= 0.6 is 11.3 Å². The van der Waals surface area contributed by atoms with Crippen LogP contribution in [-0.4, -0.2) is 4.98 Å². The van der Waals surface area contributed by atoms with Crippen LogP contribution in [0.3, 0.4) is 0 Å². The zero-order chi connectivity index (χ0) is 36.7. The largest absolute Gasteiger partial charge is 0.456 e. The number of thiazole rings is 1. The first-order valence-corrected chi connectivity index (χ1v) is 19.6. The van der Waals surface area contributed by atoms with E-state index in [4.69, 9.17) is 13.8 Å². The van der Waals surface area contributed by atoms with E-state index < -0.39 is 0 Å². The normalized spacial score (nSPS) is 11.9. The molecule has 0 unspecified atom stereocenters. The van der Waals surface area contributed by atoms with Crippen molar-refractivity contribution < 1.29 is 8.83 Å². The Morgan fingerprint density at radius 3 is 2.05 bits per heavy atom. The standard InChI is InChI=1S/C51H30N2O2S/c1-2-10-31(11-3-1)34-14-8-15-35(28-34)53(36-23-26-44-43(29-36)40-24-20-33-13-5-7-17-39(33)50(40)55-44)37-22-25-41-46(30-37)54-45-19-9-18-42(48(41)45)51-52-49-38-16-6-4-12-32(38)21-27-47(49)56-51/h1-30H. The second kappa shape index (κ2) is 12.2. The van der Waals surface area contributed by atoms with Crippen molar-refractivity contribution in [2.24, 2.45) is 0 Å². The number of hydrogen-bond donors (Lipinski definition) is 0. The quantitative estimate of drug-likeness (QED) is 0.177. The average molecular weight is 735 g/mol. The van der Waals surface area contributed by atoms with Crippen molar-refractivity contribution in [3.63, 3.8) is 0 Å². The van der Waals surface area contributed by atoms with E-state index in [0.717, 1.165) is 93.4 Å². The Morgan fingerprint density at radius 2 is 1.14 bits per heavy atom. The number of anilines is 3. The topological polar surface area (TPSA) is 42.4 Å². The summed E-state index contributed by atoms with van der Waals surface area (Å²) in [5, 5.41) is 9.95. The first kappa shape index (κ1) is 31.2. The van der Waals surface area contributed by atoms with Gasteiger partial charge in [0.15, 0.2) is 0 Å². The first-order valence-electron chi connectivity index (χ1n) is 18.8. The Kier molecular flexibility index (Phi) is 6.76. The van der Waals surface area contributed by atoms with E-state index in [1.54, 1.807) is 11.3 Å². The molecule has 9 aromatic carbocycles. The minimum atomic E-state index is 0.821. The molecular weight excluding hydrogens is 705 g/mol. The lowest BCUT2D eigenvalue weighted by Gasteiger charge is -2.26. The average Bonchev–Trinajstić information content (AvgIpc) is 3.98. The van der Waals surface area contributed by atoms with Crippen LogP contribution in [0.25, 0.3) is 97.3 Å². The molecule has 0 aliphatic heterocycles. The molecule has 0 amide bonds. The molecule has 0 N–H and O–H groups in total. The monoisotopic (exact) mass is 734 g/mol. The summed E-state index contributed by atoms with van der Waals surface area (Å²) in [4.78, 5) is 7.54. The summed E-state index contributed by atoms with van der Waals surface area (Å²) < 4.78 is 14.4. The van der Waals surface area contributed by atoms with Gasteiger partial charge in [-0.15, -0.1) is 11.3 Å². The summed E-state index contributed by atoms with van der Waals surface area (Å²) in [5.74, 6) is 0. The molecule has 56 heavy (non-hydrogen) atoms. The molecule has 5 heteroatoms. The van der Waals surface area contributed by atoms with E-state index in [-0.39, 0.29) is 0 Å². The summed E-state index contributed by atoms with van der Waals surface area (Å²) in [5.41, 5.74) is 10.9. The highest BCUT2D eigenvalue weighted by molar-refractivity contribution is 7.21. The van der Waals surface area contributed by atoms with Gasteiger partial charge in [0, 0.05) is 61.0 Å². The molecule has 12 rings (SSSR count). The second-order valence-corrected chi connectivity index (χ2v) is 15.3. The van der Waals surface area contributed by atoms with Crippen LogP contribution in [0.15, 0.2) is 191 Å². The highest BCUT2D eigenvalue weighted by Crippen LogP contribution is 2.45. The van der Waals surface area contributed by atoms with Crippen LogP contribution in [0, 0.1) is 0 Å². The maximum Gasteiger partial charge on any atom is 0.143 e. The van der Waals surface area contributed by atoms with E-state index in [1.807, 2.05) is 0 Å². The van der Waals surface area contributed by atoms with Crippen molar-refractivity contribution in [1.82, 2.24) is 4.98 Å². The Balaban J connectivity index is 1.04. The maximum atomic E-state index is 6.71. The summed E-state index contributed by atoms with van der Waals surface area (Å²) in [6.07, 6.45) is 0. The van der Waals surface area contributed by atoms with E-state index in [9.17, 15) is 0 Å². The van der Waals surface area contributed by atoms with Gasteiger partial charge in [0.05, 0.1) is 10.2 Å². The van der Waals surface area contributed by atoms with Crippen LogP contribution < -0.4 is 4.90 Å². The fourth-order valence-electron chi connectivity index (χ4n) is 8.44. The third kappa shape index (κ3) is 4.81. The molecule has 3 aromatic heterocycles. The fraction of sp³-hybridized carbons (Fsp3) is 0. The Morgan fingerprint density at radius 1 is 0.429 bits per heavy atom. The molecule has 0 radical (unpaired) electrons. The summed E-state index contributed by atoms with van der Waals surface area (Å²) in [6.45, 7) is 0. The van der Waals surface area contributed by atoms with E-state index in [1.165, 1.54) is 21.0 Å². The number of nitrogens with zero attached hydrogens (tertiary/aromatic N) is 2. The molecule has 3 heterocycles. The minimum Gasteiger partial charge on any atom is -0.456 e. The zero-order valence-corrected chi connectivity index (χ0v) is 30.8. The SMILES string of the molecule is c1ccc(-c2cccc(N(c3ccc4c(c3)oc3cccc(-c5nc6c(ccc7ccccc76)s5)c34)c3ccc4oc5c6ccccc6ccc5c4c3)c2)cc1. The molecule has 0 aliphatic rings. The predicted molar refractivity (Wildman–Crippen MR) is 235 cm³/mol. The molecule has 0 spiro atoms. The summed E-state index contributed by atoms with van der Waals surface area (Å²) in [7, 11) is 0. The van der Waals surface area contributed by atoms with Gasteiger partial charge < -0.3 is 13.7 Å². The fourth-order valence-corrected chi connectivity index (χ4v) is 9.46. The smallest absolute Gasteiger partial charge is 0.143 e. The van der Waals surface area contributed by atoms with Gasteiger partial charge in [-0.2, -0.15) is 0 Å². The van der Waals surface area contributed by atoms with Crippen LogP contribution in [0.2, 0.25) is 0 Å². The van der Waals surface area contributed by atoms with Crippen molar-refractivity contribution >= 4 is 104 Å². The lowest BCUT2D eigenvalue weighted by atomic mass is 10.0. The highest BCUT2D eigenvalue weighted by Gasteiger charge is 2.21. The third-order valence-electron chi connectivity index (χ3n) is 11.1. The molecule has 4 nitrogen and oxygen atoms in total. The highest BCUT2D eigenvalue weighted by atomic mass is 32.1. The minimum absolute atomic E-state index is 0.821. The Labute approximate surface area is 325 Å². The molecule has 0 saturated heterocycles. The van der Waals surface area contributed by atoms with Gasteiger partial charge in [-0.3, -0.25) is 0 Å². The number of aromatic nitrogens is 1. The number of furan rings is 2. The van der Waals surface area contributed by atoms with Crippen molar-refractivity contribution in [3.8, 4) is 21.7 Å². The van der Waals surface area contributed by atoms with Crippen molar-refractivity contribution in [2.45, 2.75) is 0 Å². The van der Waals surface area contributed by atoms with Crippen LogP contribution in [0.4, 0.5) is 17.1 Å². The molecule has 0 bridgehead atoms. The Hall–Kier alpha value is -7.21. The molecule has 0 fully saturated rings. The number of benzene rings is 9. The second-order valence-electron chi connectivity index (χ2n) is 14.3. The number of fused-ring (bicyclic) bond motifs is 11. The van der Waals surface area contributed by atoms with Gasteiger partial charge in [0.1, 0.15) is 27.3 Å². The van der Waals surface area contributed by atoms with Crippen molar-refractivity contribution in [1.29, 1.82) is 0 Å². The van der Waals surface area contributed by atoms with Gasteiger partial charge >= 0.3 is 0 Å². The van der Waals surface area contributed by atoms with E-state index >= 15 is 0 Å².